The number of nitrogens with zero attached hydrogens (tertiary/aromatic N) is 1. The Morgan fingerprint density at radius 2 is 1.88 bits per heavy atom. The second kappa shape index (κ2) is 10.1. The SMILES string of the molecule is CN(CCCC(=O)NC1CCNCC1)S(=O)(=O)c1ccc(F)cc1.Cl. The van der Waals surface area contributed by atoms with E-state index in [0.717, 1.165) is 38.1 Å². The summed E-state index contributed by atoms with van der Waals surface area (Å²) in [5, 5.41) is 6.21. The van der Waals surface area contributed by atoms with Gasteiger partial charge in [-0.3, -0.25) is 4.79 Å². The number of sulfonamides is 1. The Bertz CT molecular complexity index is 649. The molecule has 1 aromatic carbocycles. The Morgan fingerprint density at radius 3 is 2.48 bits per heavy atom. The minimum Gasteiger partial charge on any atom is -0.353 e. The van der Waals surface area contributed by atoms with Gasteiger partial charge in [0.25, 0.3) is 0 Å². The first kappa shape index (κ1) is 21.8. The molecule has 0 spiro atoms. The largest absolute Gasteiger partial charge is 0.353 e. The zero-order valence-corrected chi connectivity index (χ0v) is 15.8. The molecule has 0 aromatic heterocycles. The molecule has 0 unspecified atom stereocenters. The number of carbonyl (C=O) groups excluding carboxylic acids is 1. The smallest absolute Gasteiger partial charge is 0.242 e. The fourth-order valence-corrected chi connectivity index (χ4v) is 3.84. The van der Waals surface area contributed by atoms with Crippen molar-refractivity contribution in [2.45, 2.75) is 36.6 Å². The highest BCUT2D eigenvalue weighted by molar-refractivity contribution is 7.89. The third kappa shape index (κ3) is 6.54. The number of hydrogen-bond donors (Lipinski definition) is 2. The van der Waals surface area contributed by atoms with Gasteiger partial charge in [0, 0.05) is 26.1 Å². The van der Waals surface area contributed by atoms with E-state index in [2.05, 4.69) is 10.6 Å². The molecule has 1 aromatic rings. The molecular weight excluding hydrogens is 369 g/mol. The van der Waals surface area contributed by atoms with Crippen LogP contribution in [0.5, 0.6) is 0 Å². The van der Waals surface area contributed by atoms with Crippen LogP contribution in [0.4, 0.5) is 4.39 Å². The van der Waals surface area contributed by atoms with Gasteiger partial charge in [0.1, 0.15) is 5.82 Å². The topological polar surface area (TPSA) is 78.5 Å². The molecule has 6 nitrogen and oxygen atoms in total. The summed E-state index contributed by atoms with van der Waals surface area (Å²) in [6.07, 6.45) is 2.57. The number of halogens is 2. The molecule has 0 saturated carbocycles. The highest BCUT2D eigenvalue weighted by Crippen LogP contribution is 2.15. The highest BCUT2D eigenvalue weighted by Gasteiger charge is 2.21. The van der Waals surface area contributed by atoms with Gasteiger partial charge in [-0.1, -0.05) is 0 Å². The average molecular weight is 394 g/mol. The Hall–Kier alpha value is -1.22. The Morgan fingerprint density at radius 1 is 1.28 bits per heavy atom. The van der Waals surface area contributed by atoms with Crippen LogP contribution in [0.2, 0.25) is 0 Å². The summed E-state index contributed by atoms with van der Waals surface area (Å²) in [6.45, 7) is 2.05. The van der Waals surface area contributed by atoms with E-state index in [4.69, 9.17) is 0 Å². The monoisotopic (exact) mass is 393 g/mol. The normalized spacial score (nSPS) is 15.6. The maximum Gasteiger partial charge on any atom is 0.242 e. The van der Waals surface area contributed by atoms with E-state index < -0.39 is 15.8 Å². The molecule has 0 aliphatic carbocycles. The second-order valence-electron chi connectivity index (χ2n) is 5.98. The van der Waals surface area contributed by atoms with E-state index >= 15 is 0 Å². The number of nitrogens with one attached hydrogen (secondary N) is 2. The Balaban J connectivity index is 0.00000312. The number of rotatable bonds is 7. The first-order valence-corrected chi connectivity index (χ1v) is 9.55. The van der Waals surface area contributed by atoms with Crippen LogP contribution in [0.3, 0.4) is 0 Å². The summed E-state index contributed by atoms with van der Waals surface area (Å²) < 4.78 is 38.8. The molecule has 9 heteroatoms. The molecule has 1 aliphatic rings. The van der Waals surface area contributed by atoms with Crippen molar-refractivity contribution in [1.29, 1.82) is 0 Å². The fraction of sp³-hybridized carbons (Fsp3) is 0.562. The third-order valence-electron chi connectivity index (χ3n) is 4.10. The molecular formula is C16H25ClFN3O3S. The van der Waals surface area contributed by atoms with Crippen molar-refractivity contribution in [2.24, 2.45) is 0 Å². The summed E-state index contributed by atoms with van der Waals surface area (Å²) in [5.74, 6) is -0.527. The highest BCUT2D eigenvalue weighted by atomic mass is 35.5. The number of benzene rings is 1. The molecule has 1 heterocycles. The quantitative estimate of drug-likeness (QED) is 0.736. The summed E-state index contributed by atoms with van der Waals surface area (Å²) in [7, 11) is -2.19. The number of amides is 1. The van der Waals surface area contributed by atoms with Gasteiger partial charge in [0.2, 0.25) is 15.9 Å². The molecule has 0 atom stereocenters. The fourth-order valence-electron chi connectivity index (χ4n) is 2.64. The molecule has 0 radical (unpaired) electrons. The van der Waals surface area contributed by atoms with Crippen LogP contribution in [0.1, 0.15) is 25.7 Å². The van der Waals surface area contributed by atoms with Gasteiger partial charge in [-0.05, 0) is 56.6 Å². The molecule has 142 valence electrons. The summed E-state index contributed by atoms with van der Waals surface area (Å²) >= 11 is 0. The first-order valence-electron chi connectivity index (χ1n) is 8.11. The van der Waals surface area contributed by atoms with Crippen LogP contribution in [-0.4, -0.2) is 51.4 Å². The number of piperidine rings is 1. The second-order valence-corrected chi connectivity index (χ2v) is 8.02. The van der Waals surface area contributed by atoms with E-state index in [-0.39, 0.29) is 42.2 Å². The molecule has 1 aliphatic heterocycles. The Labute approximate surface area is 154 Å². The van der Waals surface area contributed by atoms with Gasteiger partial charge >= 0.3 is 0 Å². The van der Waals surface area contributed by atoms with Crippen molar-refractivity contribution in [3.05, 3.63) is 30.1 Å². The summed E-state index contributed by atoms with van der Waals surface area (Å²) in [5.41, 5.74) is 0. The predicted molar refractivity (Wildman–Crippen MR) is 96.7 cm³/mol. The lowest BCUT2D eigenvalue weighted by Gasteiger charge is -2.24. The number of hydrogen-bond acceptors (Lipinski definition) is 4. The molecule has 1 fully saturated rings. The van der Waals surface area contributed by atoms with E-state index in [1.165, 1.54) is 23.5 Å². The molecule has 25 heavy (non-hydrogen) atoms. The number of carbonyl (C=O) groups is 1. The van der Waals surface area contributed by atoms with E-state index in [1.807, 2.05) is 0 Å². The molecule has 1 saturated heterocycles. The molecule has 1 amide bonds. The predicted octanol–water partition coefficient (Wildman–Crippen LogP) is 1.52. The average Bonchev–Trinajstić information content (AvgIpc) is 2.56. The van der Waals surface area contributed by atoms with Crippen LogP contribution < -0.4 is 10.6 Å². The van der Waals surface area contributed by atoms with Gasteiger partial charge in [0.05, 0.1) is 4.90 Å². The van der Waals surface area contributed by atoms with Crippen LogP contribution in [0, 0.1) is 5.82 Å². The molecule has 2 N–H and O–H groups in total. The lowest BCUT2D eigenvalue weighted by Crippen LogP contribution is -2.42. The maximum absolute atomic E-state index is 12.9. The minimum absolute atomic E-state index is 0. The van der Waals surface area contributed by atoms with Gasteiger partial charge in [-0.25, -0.2) is 17.1 Å². The minimum atomic E-state index is -3.65. The van der Waals surface area contributed by atoms with Crippen LogP contribution in [0.25, 0.3) is 0 Å². The van der Waals surface area contributed by atoms with Crippen LogP contribution in [0.15, 0.2) is 29.2 Å². The lowest BCUT2D eigenvalue weighted by atomic mass is 10.1. The first-order chi connectivity index (χ1) is 11.4. The van der Waals surface area contributed by atoms with Crippen molar-refractivity contribution in [3.63, 3.8) is 0 Å². The van der Waals surface area contributed by atoms with E-state index in [0.29, 0.717) is 6.42 Å². The van der Waals surface area contributed by atoms with Crippen molar-refractivity contribution in [3.8, 4) is 0 Å². The Kier molecular flexibility index (Phi) is 8.78. The zero-order chi connectivity index (χ0) is 17.6. The zero-order valence-electron chi connectivity index (χ0n) is 14.2. The van der Waals surface area contributed by atoms with Crippen LogP contribution in [-0.2, 0) is 14.8 Å². The van der Waals surface area contributed by atoms with Gasteiger partial charge < -0.3 is 10.6 Å². The standard InChI is InChI=1S/C16H24FN3O3S.ClH/c1-20(24(22,23)15-6-4-13(17)5-7-15)12-2-3-16(21)19-14-8-10-18-11-9-14;/h4-7,14,18H,2-3,8-12H2,1H3,(H,19,21);1H. The third-order valence-corrected chi connectivity index (χ3v) is 5.97. The molecule has 0 bridgehead atoms. The lowest BCUT2D eigenvalue weighted by molar-refractivity contribution is -0.122. The summed E-state index contributed by atoms with van der Waals surface area (Å²) in [6, 6.07) is 4.93. The van der Waals surface area contributed by atoms with Gasteiger partial charge in [0.15, 0.2) is 0 Å². The van der Waals surface area contributed by atoms with Crippen molar-refractivity contribution in [2.75, 3.05) is 26.7 Å². The molecule has 2 rings (SSSR count). The van der Waals surface area contributed by atoms with Crippen molar-refractivity contribution >= 4 is 28.3 Å². The van der Waals surface area contributed by atoms with Gasteiger partial charge in [-0.15, -0.1) is 12.4 Å². The maximum atomic E-state index is 12.9. The van der Waals surface area contributed by atoms with E-state index in [1.54, 1.807) is 0 Å². The van der Waals surface area contributed by atoms with Crippen LogP contribution >= 0.6 is 12.4 Å². The van der Waals surface area contributed by atoms with Crippen molar-refractivity contribution < 1.29 is 17.6 Å². The van der Waals surface area contributed by atoms with E-state index in [9.17, 15) is 17.6 Å². The van der Waals surface area contributed by atoms with Crippen molar-refractivity contribution in [1.82, 2.24) is 14.9 Å². The van der Waals surface area contributed by atoms with Gasteiger partial charge in [-0.2, -0.15) is 0 Å². The summed E-state index contributed by atoms with van der Waals surface area (Å²) in [4.78, 5) is 12.0.